The Balaban J connectivity index is 2.20. The summed E-state index contributed by atoms with van der Waals surface area (Å²) >= 11 is 1.78. The fraction of sp³-hybridized carbons (Fsp3) is 0.400. The van der Waals surface area contributed by atoms with E-state index in [1.807, 2.05) is 24.3 Å². The Labute approximate surface area is 90.5 Å². The Morgan fingerprint density at radius 1 is 1.43 bits per heavy atom. The van der Waals surface area contributed by atoms with Gasteiger partial charge in [-0.25, -0.2) is 0 Å². The molecular weight excluding hydrogens is 216 g/mol. The van der Waals surface area contributed by atoms with Gasteiger partial charge in [0.2, 0.25) is 0 Å². The van der Waals surface area contributed by atoms with Crippen LogP contribution >= 0.6 is 11.8 Å². The van der Waals surface area contributed by atoms with Crippen LogP contribution in [0.15, 0.2) is 24.3 Å². The summed E-state index contributed by atoms with van der Waals surface area (Å²) in [5.41, 5.74) is 1.15. The Bertz CT molecular complexity index is 334. The molecule has 4 heteroatoms. The molecule has 1 aromatic rings. The van der Waals surface area contributed by atoms with E-state index in [0.717, 1.165) is 22.8 Å². The zero-order valence-corrected chi connectivity index (χ0v) is 9.57. The van der Waals surface area contributed by atoms with Crippen LogP contribution in [0, 0.1) is 0 Å². The molecule has 0 amide bonds. The van der Waals surface area contributed by atoms with E-state index in [1.165, 1.54) is 0 Å². The van der Waals surface area contributed by atoms with Crippen LogP contribution in [0.25, 0.3) is 0 Å². The monoisotopic (exact) mass is 228 g/mol. The number of ether oxygens (including phenoxy) is 1. The number of methoxy groups -OCH3 is 1. The molecule has 1 aromatic carbocycles. The van der Waals surface area contributed by atoms with Crippen LogP contribution < -0.4 is 4.74 Å². The van der Waals surface area contributed by atoms with Gasteiger partial charge in [0.05, 0.1) is 7.11 Å². The molecule has 2 atom stereocenters. The Morgan fingerprint density at radius 2 is 2.14 bits per heavy atom. The van der Waals surface area contributed by atoms with Gasteiger partial charge in [0.1, 0.15) is 10.3 Å². The second-order valence-corrected chi connectivity index (χ2v) is 6.21. The number of thioether (sulfide) groups is 1. The van der Waals surface area contributed by atoms with E-state index in [2.05, 4.69) is 0 Å². The first-order valence-corrected chi connectivity index (χ1v) is 6.87. The summed E-state index contributed by atoms with van der Waals surface area (Å²) < 4.78 is 16.8. The second-order valence-electron chi connectivity index (χ2n) is 3.06. The summed E-state index contributed by atoms with van der Waals surface area (Å²) in [6.07, 6.45) is 0. The Kier molecular flexibility index (Phi) is 3.13. The number of hydrogen-bond acceptors (Lipinski definition) is 3. The number of benzene rings is 1. The van der Waals surface area contributed by atoms with Gasteiger partial charge >= 0.3 is 0 Å². The fourth-order valence-electron chi connectivity index (χ4n) is 1.43. The minimum absolute atomic E-state index is 0.168. The summed E-state index contributed by atoms with van der Waals surface area (Å²) in [7, 11) is 0.952. The lowest BCUT2D eigenvalue weighted by atomic mass is 10.2. The van der Waals surface area contributed by atoms with Crippen LogP contribution in [-0.2, 0) is 10.8 Å². The molecule has 1 saturated heterocycles. The summed E-state index contributed by atoms with van der Waals surface area (Å²) in [5, 5.41) is 0. The Morgan fingerprint density at radius 3 is 2.64 bits per heavy atom. The summed E-state index contributed by atoms with van der Waals surface area (Å²) in [6, 6.07) is 7.84. The molecule has 0 aromatic heterocycles. The molecule has 0 spiro atoms. The predicted molar refractivity (Wildman–Crippen MR) is 61.2 cm³/mol. The fourth-order valence-corrected chi connectivity index (χ4v) is 4.89. The molecule has 0 aliphatic carbocycles. The normalized spacial score (nSPS) is 26.4. The molecule has 0 saturated carbocycles. The first-order chi connectivity index (χ1) is 6.81. The highest BCUT2D eigenvalue weighted by atomic mass is 32.2. The van der Waals surface area contributed by atoms with Crippen molar-refractivity contribution in [3.05, 3.63) is 29.8 Å². The molecule has 0 radical (unpaired) electrons. The topological polar surface area (TPSA) is 26.3 Å². The molecule has 2 nitrogen and oxygen atoms in total. The van der Waals surface area contributed by atoms with Gasteiger partial charge in [0.25, 0.3) is 0 Å². The minimum atomic E-state index is -0.698. The zero-order valence-electron chi connectivity index (χ0n) is 7.93. The highest BCUT2D eigenvalue weighted by molar-refractivity contribution is 8.13. The van der Waals surface area contributed by atoms with Crippen molar-refractivity contribution in [2.24, 2.45) is 0 Å². The third kappa shape index (κ3) is 1.96. The van der Waals surface area contributed by atoms with Gasteiger partial charge in [0, 0.05) is 22.3 Å². The van der Waals surface area contributed by atoms with Crippen molar-refractivity contribution in [2.75, 3.05) is 18.6 Å². The lowest BCUT2D eigenvalue weighted by molar-refractivity contribution is 0.414. The highest BCUT2D eigenvalue weighted by Crippen LogP contribution is 2.38. The van der Waals surface area contributed by atoms with Crippen LogP contribution in [0.5, 0.6) is 5.75 Å². The van der Waals surface area contributed by atoms with Gasteiger partial charge in [-0.15, -0.1) is 11.8 Å². The average Bonchev–Trinajstić information content (AvgIpc) is 2.65. The van der Waals surface area contributed by atoms with Crippen LogP contribution in [0.1, 0.15) is 10.1 Å². The second kappa shape index (κ2) is 4.36. The zero-order chi connectivity index (χ0) is 9.97. The van der Waals surface area contributed by atoms with E-state index in [-0.39, 0.29) is 4.58 Å². The maximum atomic E-state index is 11.6. The lowest BCUT2D eigenvalue weighted by Gasteiger charge is -2.08. The average molecular weight is 228 g/mol. The third-order valence-corrected chi connectivity index (χ3v) is 5.86. The van der Waals surface area contributed by atoms with E-state index < -0.39 is 10.8 Å². The van der Waals surface area contributed by atoms with Crippen molar-refractivity contribution in [1.29, 1.82) is 0 Å². The van der Waals surface area contributed by atoms with Crippen LogP contribution in [0.2, 0.25) is 0 Å². The van der Waals surface area contributed by atoms with Crippen molar-refractivity contribution in [3.8, 4) is 5.75 Å². The summed E-state index contributed by atoms with van der Waals surface area (Å²) in [5.74, 6) is 2.67. The van der Waals surface area contributed by atoms with E-state index in [4.69, 9.17) is 4.74 Å². The molecule has 1 fully saturated rings. The van der Waals surface area contributed by atoms with Crippen molar-refractivity contribution in [2.45, 2.75) is 4.58 Å². The van der Waals surface area contributed by atoms with Crippen LogP contribution in [0.3, 0.4) is 0 Å². The first-order valence-electron chi connectivity index (χ1n) is 4.44. The van der Waals surface area contributed by atoms with Gasteiger partial charge in [-0.1, -0.05) is 12.1 Å². The molecule has 1 heterocycles. The lowest BCUT2D eigenvalue weighted by Crippen LogP contribution is -1.98. The number of hydrogen-bond donors (Lipinski definition) is 0. The van der Waals surface area contributed by atoms with Gasteiger partial charge < -0.3 is 4.74 Å². The molecule has 1 aliphatic heterocycles. The van der Waals surface area contributed by atoms with Gasteiger partial charge in [-0.3, -0.25) is 4.21 Å². The van der Waals surface area contributed by atoms with Crippen LogP contribution in [-0.4, -0.2) is 22.8 Å². The van der Waals surface area contributed by atoms with E-state index in [1.54, 1.807) is 18.9 Å². The maximum absolute atomic E-state index is 11.6. The molecular formula is C10H12O2S2. The predicted octanol–water partition coefficient (Wildman–Crippen LogP) is 2.19. The van der Waals surface area contributed by atoms with Crippen molar-refractivity contribution in [1.82, 2.24) is 0 Å². The number of rotatable bonds is 2. The molecule has 1 unspecified atom stereocenters. The smallest absolute Gasteiger partial charge is 0.118 e. The Hall–Kier alpha value is -0.480. The van der Waals surface area contributed by atoms with E-state index in [0.29, 0.717) is 0 Å². The molecule has 14 heavy (non-hydrogen) atoms. The SMILES string of the molecule is COc1ccc([C@H]2SCCS2=O)cc1. The largest absolute Gasteiger partial charge is 0.497 e. The standard InChI is InChI=1S/C10H12O2S2/c1-12-9-4-2-8(3-5-9)10-13-6-7-14(10)11/h2-5,10H,6-7H2,1H3/t10-,14?/m0/s1. The van der Waals surface area contributed by atoms with Crippen molar-refractivity contribution < 1.29 is 8.95 Å². The summed E-state index contributed by atoms with van der Waals surface area (Å²) in [4.78, 5) is 0. The van der Waals surface area contributed by atoms with E-state index >= 15 is 0 Å². The molecule has 0 N–H and O–H groups in total. The quantitative estimate of drug-likeness (QED) is 0.776. The van der Waals surface area contributed by atoms with Crippen molar-refractivity contribution in [3.63, 3.8) is 0 Å². The molecule has 1 aliphatic rings. The molecule has 76 valence electrons. The molecule has 2 rings (SSSR count). The van der Waals surface area contributed by atoms with Gasteiger partial charge in [0.15, 0.2) is 0 Å². The van der Waals surface area contributed by atoms with Gasteiger partial charge in [-0.2, -0.15) is 0 Å². The maximum Gasteiger partial charge on any atom is 0.118 e. The highest BCUT2D eigenvalue weighted by Gasteiger charge is 2.25. The van der Waals surface area contributed by atoms with Crippen molar-refractivity contribution >= 4 is 22.6 Å². The third-order valence-electron chi connectivity index (χ3n) is 2.18. The summed E-state index contributed by atoms with van der Waals surface area (Å²) in [6.45, 7) is 0. The minimum Gasteiger partial charge on any atom is -0.497 e. The first kappa shape index (κ1) is 10.1. The van der Waals surface area contributed by atoms with Crippen LogP contribution in [0.4, 0.5) is 0 Å². The van der Waals surface area contributed by atoms with E-state index in [9.17, 15) is 4.21 Å². The molecule has 0 bridgehead atoms. The van der Waals surface area contributed by atoms with Gasteiger partial charge in [-0.05, 0) is 17.7 Å².